The van der Waals surface area contributed by atoms with E-state index in [2.05, 4.69) is 22.5 Å². The molecule has 1 aromatic carbocycles. The van der Waals surface area contributed by atoms with E-state index in [1.54, 1.807) is 0 Å². The summed E-state index contributed by atoms with van der Waals surface area (Å²) in [5.74, 6) is -0.865. The number of fused-ring (bicyclic) bond motifs is 3. The van der Waals surface area contributed by atoms with Crippen LogP contribution in [0.15, 0.2) is 24.3 Å². The smallest absolute Gasteiger partial charge is 0.225 e. The van der Waals surface area contributed by atoms with E-state index >= 15 is 0 Å². The Kier molecular flexibility index (Phi) is 3.87. The van der Waals surface area contributed by atoms with Gasteiger partial charge in [0, 0.05) is 29.7 Å². The van der Waals surface area contributed by atoms with Crippen molar-refractivity contribution in [1.29, 1.82) is 0 Å². The Bertz CT molecular complexity index is 873. The molecule has 1 heterocycles. The minimum absolute atomic E-state index is 0.0285. The predicted octanol–water partition coefficient (Wildman–Crippen LogP) is 2.56. The summed E-state index contributed by atoms with van der Waals surface area (Å²) in [4.78, 5) is 15.4. The van der Waals surface area contributed by atoms with Gasteiger partial charge in [-0.1, -0.05) is 12.2 Å². The summed E-state index contributed by atoms with van der Waals surface area (Å²) in [5, 5.41) is 3.48. The van der Waals surface area contributed by atoms with Gasteiger partial charge >= 0.3 is 0 Å². The largest absolute Gasteiger partial charge is 0.356 e. The summed E-state index contributed by atoms with van der Waals surface area (Å²) in [7, 11) is 0. The lowest BCUT2D eigenvalue weighted by molar-refractivity contribution is -0.126. The van der Waals surface area contributed by atoms with E-state index in [0.29, 0.717) is 29.8 Å². The Morgan fingerprint density at radius 2 is 2.08 bits per heavy atom. The molecule has 0 unspecified atom stereocenters. The minimum atomic E-state index is -0.604. The second-order valence-corrected chi connectivity index (χ2v) is 7.13. The monoisotopic (exact) mass is 345 g/mol. The molecule has 4 nitrogen and oxygen atoms in total. The van der Waals surface area contributed by atoms with E-state index in [4.69, 9.17) is 5.73 Å². The maximum Gasteiger partial charge on any atom is 0.225 e. The summed E-state index contributed by atoms with van der Waals surface area (Å²) in [5.41, 5.74) is 8.08. The molecule has 2 aliphatic rings. The van der Waals surface area contributed by atoms with Gasteiger partial charge in [0.1, 0.15) is 11.6 Å². The number of hydrogen-bond acceptors (Lipinski definition) is 2. The van der Waals surface area contributed by atoms with Crippen LogP contribution in [0.25, 0.3) is 10.9 Å². The van der Waals surface area contributed by atoms with Crippen LogP contribution in [0, 0.1) is 36.3 Å². The zero-order valence-electron chi connectivity index (χ0n) is 14.0. The quantitative estimate of drug-likeness (QED) is 0.746. The second-order valence-electron chi connectivity index (χ2n) is 7.13. The van der Waals surface area contributed by atoms with Crippen LogP contribution < -0.4 is 11.1 Å². The molecule has 2 aromatic rings. The number of aromatic amines is 1. The molecular formula is C19H21F2N3O. The second kappa shape index (κ2) is 5.95. The fraction of sp³-hybridized carbons (Fsp3) is 0.421. The van der Waals surface area contributed by atoms with Gasteiger partial charge in [0.05, 0.1) is 11.4 Å². The summed E-state index contributed by atoms with van der Waals surface area (Å²) in [6.45, 7) is 2.24. The fourth-order valence-electron chi connectivity index (χ4n) is 4.38. The van der Waals surface area contributed by atoms with Gasteiger partial charge in [0.2, 0.25) is 5.91 Å². The summed E-state index contributed by atoms with van der Waals surface area (Å²) < 4.78 is 27.4. The first-order valence-corrected chi connectivity index (χ1v) is 8.63. The number of nitrogens with one attached hydrogen (secondary N) is 2. The van der Waals surface area contributed by atoms with Gasteiger partial charge in [-0.2, -0.15) is 0 Å². The number of halogens is 2. The van der Waals surface area contributed by atoms with Gasteiger partial charge < -0.3 is 16.0 Å². The standard InChI is InChI=1S/C19H21F2N3O/c1-9-13(14-7-12(20)8-15(21)18(14)24-9)4-5-23-19(25)16-10-2-3-11(6-10)17(16)22/h2-3,7-8,10-11,16-17,24H,4-6,22H2,1H3,(H,23,25)/t10-,11+,16-,17+/m0/s1. The van der Waals surface area contributed by atoms with Crippen molar-refractivity contribution < 1.29 is 13.6 Å². The Morgan fingerprint density at radius 1 is 1.32 bits per heavy atom. The number of aryl methyl sites for hydroxylation is 1. The molecule has 4 atom stereocenters. The van der Waals surface area contributed by atoms with Crippen molar-refractivity contribution in [3.63, 3.8) is 0 Å². The first-order valence-electron chi connectivity index (χ1n) is 8.63. The molecule has 0 spiro atoms. The average molecular weight is 345 g/mol. The van der Waals surface area contributed by atoms with Crippen molar-refractivity contribution in [3.05, 3.63) is 47.2 Å². The molecule has 0 radical (unpaired) electrons. The van der Waals surface area contributed by atoms with Gasteiger partial charge in [0.15, 0.2) is 0 Å². The van der Waals surface area contributed by atoms with E-state index in [1.165, 1.54) is 6.07 Å². The molecule has 6 heteroatoms. The first-order chi connectivity index (χ1) is 12.0. The summed E-state index contributed by atoms with van der Waals surface area (Å²) >= 11 is 0. The predicted molar refractivity (Wildman–Crippen MR) is 91.9 cm³/mol. The van der Waals surface area contributed by atoms with Crippen LogP contribution in [0.5, 0.6) is 0 Å². The number of benzene rings is 1. The highest BCUT2D eigenvalue weighted by atomic mass is 19.1. The van der Waals surface area contributed by atoms with Crippen LogP contribution in [0.3, 0.4) is 0 Å². The third-order valence-corrected chi connectivity index (χ3v) is 5.64. The van der Waals surface area contributed by atoms with E-state index in [1.807, 2.05) is 6.92 Å². The van der Waals surface area contributed by atoms with Crippen molar-refractivity contribution in [3.8, 4) is 0 Å². The topological polar surface area (TPSA) is 70.9 Å². The van der Waals surface area contributed by atoms with Crippen LogP contribution in [0.4, 0.5) is 8.78 Å². The molecule has 1 aromatic heterocycles. The van der Waals surface area contributed by atoms with Crippen molar-refractivity contribution >= 4 is 16.8 Å². The van der Waals surface area contributed by atoms with Gasteiger partial charge in [-0.25, -0.2) is 8.78 Å². The molecule has 2 aliphatic carbocycles. The summed E-state index contributed by atoms with van der Waals surface area (Å²) in [6, 6.07) is 2.08. The molecule has 1 fully saturated rings. The Balaban J connectivity index is 1.46. The third kappa shape index (κ3) is 2.65. The Hall–Kier alpha value is -2.21. The van der Waals surface area contributed by atoms with Crippen LogP contribution in [-0.4, -0.2) is 23.5 Å². The molecule has 4 rings (SSSR count). The van der Waals surface area contributed by atoms with Crippen LogP contribution >= 0.6 is 0 Å². The van der Waals surface area contributed by atoms with E-state index in [0.717, 1.165) is 23.7 Å². The molecule has 2 bridgehead atoms. The highest BCUT2D eigenvalue weighted by Gasteiger charge is 2.46. The van der Waals surface area contributed by atoms with Crippen LogP contribution in [0.2, 0.25) is 0 Å². The maximum absolute atomic E-state index is 13.9. The minimum Gasteiger partial charge on any atom is -0.356 e. The van der Waals surface area contributed by atoms with Crippen molar-refractivity contribution in [2.45, 2.75) is 25.8 Å². The lowest BCUT2D eigenvalue weighted by Gasteiger charge is -2.23. The van der Waals surface area contributed by atoms with Crippen molar-refractivity contribution in [1.82, 2.24) is 10.3 Å². The average Bonchev–Trinajstić information content (AvgIpc) is 3.22. The zero-order chi connectivity index (χ0) is 17.7. The lowest BCUT2D eigenvalue weighted by Crippen LogP contribution is -2.44. The van der Waals surface area contributed by atoms with E-state index in [-0.39, 0.29) is 23.8 Å². The molecule has 132 valence electrons. The fourth-order valence-corrected chi connectivity index (χ4v) is 4.38. The highest BCUT2D eigenvalue weighted by molar-refractivity contribution is 5.85. The molecule has 1 amide bonds. The number of H-pyrrole nitrogens is 1. The van der Waals surface area contributed by atoms with Crippen molar-refractivity contribution in [2.24, 2.45) is 23.5 Å². The third-order valence-electron chi connectivity index (χ3n) is 5.64. The number of aromatic nitrogens is 1. The molecule has 0 aliphatic heterocycles. The highest BCUT2D eigenvalue weighted by Crippen LogP contribution is 2.42. The van der Waals surface area contributed by atoms with Crippen LogP contribution in [0.1, 0.15) is 17.7 Å². The zero-order valence-corrected chi connectivity index (χ0v) is 14.0. The van der Waals surface area contributed by atoms with Gasteiger partial charge in [-0.3, -0.25) is 4.79 Å². The van der Waals surface area contributed by atoms with E-state index < -0.39 is 11.6 Å². The molecule has 4 N–H and O–H groups in total. The number of hydrogen-bond donors (Lipinski definition) is 3. The maximum atomic E-state index is 13.9. The Labute approximate surface area is 144 Å². The van der Waals surface area contributed by atoms with Crippen molar-refractivity contribution in [2.75, 3.05) is 6.54 Å². The molecule has 0 saturated heterocycles. The molecule has 25 heavy (non-hydrogen) atoms. The number of carbonyl (C=O) groups is 1. The van der Waals surface area contributed by atoms with Crippen LogP contribution in [-0.2, 0) is 11.2 Å². The van der Waals surface area contributed by atoms with Gasteiger partial charge in [-0.15, -0.1) is 0 Å². The van der Waals surface area contributed by atoms with Gasteiger partial charge in [0.25, 0.3) is 0 Å². The Morgan fingerprint density at radius 3 is 2.80 bits per heavy atom. The number of rotatable bonds is 4. The normalized spacial score (nSPS) is 27.4. The molecule has 1 saturated carbocycles. The first kappa shape index (κ1) is 16.3. The number of carbonyl (C=O) groups excluding carboxylic acids is 1. The van der Waals surface area contributed by atoms with E-state index in [9.17, 15) is 13.6 Å². The number of allylic oxidation sites excluding steroid dienone is 1. The number of amides is 1. The number of nitrogens with two attached hydrogens (primary N) is 1. The molecular weight excluding hydrogens is 324 g/mol. The van der Waals surface area contributed by atoms with Gasteiger partial charge in [-0.05, 0) is 43.2 Å². The summed E-state index contributed by atoms with van der Waals surface area (Å²) in [6.07, 6.45) is 5.66. The SMILES string of the molecule is Cc1[nH]c2c(F)cc(F)cc2c1CCNC(=O)[C@@H]1[C@H](N)[C@@H]2C=C[C@H]1C2. The lowest BCUT2D eigenvalue weighted by atomic mass is 9.88.